The highest BCUT2D eigenvalue weighted by atomic mass is 35.5. The first-order valence-electron chi connectivity index (χ1n) is 7.17. The Hall–Kier alpha value is -1.00. The van der Waals surface area contributed by atoms with E-state index >= 15 is 0 Å². The van der Waals surface area contributed by atoms with Crippen LogP contribution in [-0.2, 0) is 5.75 Å². The van der Waals surface area contributed by atoms with Gasteiger partial charge in [-0.1, -0.05) is 35.9 Å². The first kappa shape index (κ1) is 14.9. The molecule has 0 bridgehead atoms. The molecule has 0 amide bonds. The van der Waals surface area contributed by atoms with Crippen LogP contribution in [0.4, 0.5) is 0 Å². The summed E-state index contributed by atoms with van der Waals surface area (Å²) in [6, 6.07) is 15.1. The predicted molar refractivity (Wildman–Crippen MR) is 91.2 cm³/mol. The molecule has 1 aliphatic heterocycles. The lowest BCUT2D eigenvalue weighted by Crippen LogP contribution is -2.29. The third kappa shape index (κ3) is 3.27. The van der Waals surface area contributed by atoms with Gasteiger partial charge in [0.2, 0.25) is 0 Å². The second-order valence-corrected chi connectivity index (χ2v) is 6.61. The maximum absolute atomic E-state index is 6.23. The van der Waals surface area contributed by atoms with E-state index in [2.05, 4.69) is 47.0 Å². The topological polar surface area (TPSA) is 24.1 Å². The minimum absolute atomic E-state index is 0.207. The van der Waals surface area contributed by atoms with E-state index in [1.807, 2.05) is 24.9 Å². The summed E-state index contributed by atoms with van der Waals surface area (Å²) in [4.78, 5) is 1.32. The normalized spacial score (nSPS) is 17.0. The molecule has 3 rings (SSSR count). The average Bonchev–Trinajstić information content (AvgIpc) is 2.65. The number of thioether (sulfide) groups is 1. The molecule has 4 heteroatoms. The van der Waals surface area contributed by atoms with Gasteiger partial charge < -0.3 is 10.6 Å². The number of nitrogens with one attached hydrogen (secondary N) is 2. The Kier molecular flexibility index (Phi) is 4.86. The van der Waals surface area contributed by atoms with E-state index < -0.39 is 0 Å². The highest BCUT2D eigenvalue weighted by Crippen LogP contribution is 2.40. The molecule has 1 heterocycles. The molecule has 0 aliphatic carbocycles. The average molecular weight is 319 g/mol. The standard InChI is InChI=1S/C17H19ClN2S/c1-19-8-9-20-17-14-5-3-2-4-12(14)11-21-16-7-6-13(18)10-15(16)17/h2-7,10,17,19-20H,8-9,11H2,1H3. The van der Waals surface area contributed by atoms with Gasteiger partial charge in [0.15, 0.2) is 0 Å². The molecule has 21 heavy (non-hydrogen) atoms. The Morgan fingerprint density at radius 1 is 1.14 bits per heavy atom. The predicted octanol–water partition coefficient (Wildman–Crippen LogP) is 3.84. The number of hydrogen-bond acceptors (Lipinski definition) is 3. The molecule has 2 nitrogen and oxygen atoms in total. The lowest BCUT2D eigenvalue weighted by atomic mass is 9.95. The maximum atomic E-state index is 6.23. The van der Waals surface area contributed by atoms with Gasteiger partial charge in [0, 0.05) is 28.8 Å². The summed E-state index contributed by atoms with van der Waals surface area (Å²) in [7, 11) is 1.98. The van der Waals surface area contributed by atoms with Crippen LogP contribution >= 0.6 is 23.4 Å². The molecule has 0 spiro atoms. The van der Waals surface area contributed by atoms with Crippen molar-refractivity contribution >= 4 is 23.4 Å². The third-order valence-corrected chi connectivity index (χ3v) is 5.13. The molecular formula is C17H19ClN2S. The Morgan fingerprint density at radius 2 is 2.00 bits per heavy atom. The summed E-state index contributed by atoms with van der Waals surface area (Å²) in [5.41, 5.74) is 4.05. The molecule has 0 saturated carbocycles. The molecule has 0 fully saturated rings. The molecule has 1 atom stereocenters. The fourth-order valence-electron chi connectivity index (χ4n) is 2.71. The highest BCUT2D eigenvalue weighted by molar-refractivity contribution is 7.98. The molecular weight excluding hydrogens is 300 g/mol. The van der Waals surface area contributed by atoms with Crippen LogP contribution in [0.5, 0.6) is 0 Å². The Morgan fingerprint density at radius 3 is 2.86 bits per heavy atom. The SMILES string of the molecule is CNCCNC1c2ccccc2CSc2ccc(Cl)cc21. The van der Waals surface area contributed by atoms with Crippen LogP contribution < -0.4 is 10.6 Å². The van der Waals surface area contributed by atoms with Crippen molar-refractivity contribution in [1.29, 1.82) is 0 Å². The minimum Gasteiger partial charge on any atom is -0.318 e. The van der Waals surface area contributed by atoms with Gasteiger partial charge >= 0.3 is 0 Å². The van der Waals surface area contributed by atoms with E-state index in [-0.39, 0.29) is 6.04 Å². The summed E-state index contributed by atoms with van der Waals surface area (Å²) in [5, 5.41) is 7.66. The van der Waals surface area contributed by atoms with Crippen molar-refractivity contribution in [3.63, 3.8) is 0 Å². The van der Waals surface area contributed by atoms with Crippen LogP contribution in [-0.4, -0.2) is 20.1 Å². The van der Waals surface area contributed by atoms with Crippen molar-refractivity contribution in [2.24, 2.45) is 0 Å². The second kappa shape index (κ2) is 6.84. The monoisotopic (exact) mass is 318 g/mol. The van der Waals surface area contributed by atoms with Gasteiger partial charge in [0.05, 0.1) is 6.04 Å². The lowest BCUT2D eigenvalue weighted by molar-refractivity contribution is 0.580. The molecule has 2 N–H and O–H groups in total. The number of benzene rings is 2. The van der Waals surface area contributed by atoms with E-state index in [0.717, 1.165) is 23.9 Å². The maximum Gasteiger partial charge on any atom is 0.0591 e. The number of hydrogen-bond donors (Lipinski definition) is 2. The molecule has 0 saturated heterocycles. The molecule has 2 aromatic carbocycles. The smallest absolute Gasteiger partial charge is 0.0591 e. The Balaban J connectivity index is 2.03. The zero-order chi connectivity index (χ0) is 14.7. The van der Waals surface area contributed by atoms with Gasteiger partial charge in [0.25, 0.3) is 0 Å². The van der Waals surface area contributed by atoms with Gasteiger partial charge in [0.1, 0.15) is 0 Å². The molecule has 2 aromatic rings. The number of halogens is 1. The van der Waals surface area contributed by atoms with Crippen molar-refractivity contribution in [2.45, 2.75) is 16.7 Å². The first-order chi connectivity index (χ1) is 10.3. The summed E-state index contributed by atoms with van der Waals surface area (Å²) in [6.07, 6.45) is 0. The van der Waals surface area contributed by atoms with Gasteiger partial charge in [-0.3, -0.25) is 0 Å². The summed E-state index contributed by atoms with van der Waals surface area (Å²) in [6.45, 7) is 1.87. The van der Waals surface area contributed by atoms with Gasteiger partial charge in [-0.25, -0.2) is 0 Å². The van der Waals surface area contributed by atoms with Gasteiger partial charge in [-0.05, 0) is 41.9 Å². The summed E-state index contributed by atoms with van der Waals surface area (Å²) < 4.78 is 0. The zero-order valence-corrected chi connectivity index (χ0v) is 13.6. The second-order valence-electron chi connectivity index (χ2n) is 5.16. The fraction of sp³-hybridized carbons (Fsp3) is 0.294. The lowest BCUT2D eigenvalue weighted by Gasteiger charge is -2.21. The first-order valence-corrected chi connectivity index (χ1v) is 8.54. The van der Waals surface area contributed by atoms with E-state index in [0.29, 0.717) is 0 Å². The van der Waals surface area contributed by atoms with Crippen LogP contribution in [0.15, 0.2) is 47.4 Å². The van der Waals surface area contributed by atoms with Crippen molar-refractivity contribution < 1.29 is 0 Å². The van der Waals surface area contributed by atoms with Crippen molar-refractivity contribution in [2.75, 3.05) is 20.1 Å². The molecule has 0 radical (unpaired) electrons. The largest absolute Gasteiger partial charge is 0.318 e. The van der Waals surface area contributed by atoms with E-state index in [1.165, 1.54) is 21.6 Å². The highest BCUT2D eigenvalue weighted by Gasteiger charge is 2.23. The molecule has 0 aromatic heterocycles. The Bertz CT molecular complexity index is 630. The molecule has 1 unspecified atom stereocenters. The zero-order valence-electron chi connectivity index (χ0n) is 12.0. The van der Waals surface area contributed by atoms with Crippen LogP contribution in [0.2, 0.25) is 5.02 Å². The molecule has 1 aliphatic rings. The van der Waals surface area contributed by atoms with E-state index in [4.69, 9.17) is 11.6 Å². The number of fused-ring (bicyclic) bond motifs is 2. The van der Waals surface area contributed by atoms with Gasteiger partial charge in [-0.2, -0.15) is 0 Å². The van der Waals surface area contributed by atoms with Crippen LogP contribution in [0.25, 0.3) is 0 Å². The quantitative estimate of drug-likeness (QED) is 0.837. The van der Waals surface area contributed by atoms with E-state index in [1.54, 1.807) is 0 Å². The fourth-order valence-corrected chi connectivity index (χ4v) is 3.97. The number of likely N-dealkylation sites (N-methyl/N-ethyl adjacent to an activating group) is 1. The number of rotatable bonds is 4. The molecule has 110 valence electrons. The van der Waals surface area contributed by atoms with Crippen molar-refractivity contribution in [1.82, 2.24) is 10.6 Å². The Labute approximate surface area is 135 Å². The summed E-state index contributed by atoms with van der Waals surface area (Å²) in [5.74, 6) is 1.01. The van der Waals surface area contributed by atoms with Gasteiger partial charge in [-0.15, -0.1) is 11.8 Å². The van der Waals surface area contributed by atoms with E-state index in [9.17, 15) is 0 Å². The van der Waals surface area contributed by atoms with Crippen molar-refractivity contribution in [3.05, 3.63) is 64.2 Å². The van der Waals surface area contributed by atoms with Crippen molar-refractivity contribution in [3.8, 4) is 0 Å². The minimum atomic E-state index is 0.207. The van der Waals surface area contributed by atoms with Crippen LogP contribution in [0.1, 0.15) is 22.7 Å². The summed E-state index contributed by atoms with van der Waals surface area (Å²) >= 11 is 8.12. The van der Waals surface area contributed by atoms with Crippen LogP contribution in [0, 0.1) is 0 Å². The van der Waals surface area contributed by atoms with Crippen LogP contribution in [0.3, 0.4) is 0 Å². The third-order valence-electron chi connectivity index (χ3n) is 3.76.